The Morgan fingerprint density at radius 2 is 2.14 bits per heavy atom. The molecule has 1 aromatic carbocycles. The van der Waals surface area contributed by atoms with Gasteiger partial charge in [0.2, 0.25) is 5.95 Å². The van der Waals surface area contributed by atoms with Gasteiger partial charge in [0, 0.05) is 11.5 Å². The summed E-state index contributed by atoms with van der Waals surface area (Å²) in [7, 11) is 0. The Bertz CT molecular complexity index is 541. The fraction of sp³-hybridized carbons (Fsp3) is 0.0909. The molecular weight excluding hydrogens is 179 g/mol. The highest BCUT2D eigenvalue weighted by Gasteiger charge is 2.04. The molecule has 0 atom stereocenters. The summed E-state index contributed by atoms with van der Waals surface area (Å²) in [4.78, 5) is 3.71. The van der Waals surface area contributed by atoms with Crippen molar-refractivity contribution in [2.45, 2.75) is 6.92 Å². The van der Waals surface area contributed by atoms with Crippen LogP contribution in [0.25, 0.3) is 10.9 Å². The van der Waals surface area contributed by atoms with Crippen LogP contribution in [-0.2, 0) is 0 Å². The second kappa shape index (κ2) is 3.08. The number of rotatable bonds is 0. The largest absolute Gasteiger partial charge is 0.220 e. The molecule has 14 heavy (non-hydrogen) atoms. The van der Waals surface area contributed by atoms with E-state index in [4.69, 9.17) is 5.26 Å². The molecular formula is C11H7FN2. The Balaban J connectivity index is 2.90. The zero-order valence-electron chi connectivity index (χ0n) is 7.58. The minimum Gasteiger partial charge on any atom is -0.220 e. The fourth-order valence-corrected chi connectivity index (χ4v) is 1.40. The molecule has 2 aromatic rings. The maximum Gasteiger partial charge on any atom is 0.214 e. The first kappa shape index (κ1) is 8.64. The number of nitrogens with zero attached hydrogens (tertiary/aromatic N) is 2. The number of pyridine rings is 1. The first-order chi connectivity index (χ1) is 6.70. The van der Waals surface area contributed by atoms with Gasteiger partial charge in [-0.05, 0) is 19.1 Å². The van der Waals surface area contributed by atoms with Crippen molar-refractivity contribution in [3.05, 3.63) is 41.3 Å². The second-order valence-corrected chi connectivity index (χ2v) is 3.12. The molecule has 0 spiro atoms. The molecule has 0 aliphatic heterocycles. The molecule has 0 amide bonds. The van der Waals surface area contributed by atoms with Gasteiger partial charge in [0.15, 0.2) is 0 Å². The third-order valence-electron chi connectivity index (χ3n) is 2.05. The van der Waals surface area contributed by atoms with Crippen LogP contribution in [0.5, 0.6) is 0 Å². The van der Waals surface area contributed by atoms with E-state index in [1.807, 2.05) is 25.1 Å². The zero-order chi connectivity index (χ0) is 10.1. The van der Waals surface area contributed by atoms with E-state index < -0.39 is 5.95 Å². The number of hydrogen-bond donors (Lipinski definition) is 0. The van der Waals surface area contributed by atoms with Crippen LogP contribution in [0.15, 0.2) is 24.3 Å². The highest BCUT2D eigenvalue weighted by molar-refractivity contribution is 5.84. The van der Waals surface area contributed by atoms with Crippen LogP contribution >= 0.6 is 0 Å². The van der Waals surface area contributed by atoms with Crippen LogP contribution in [0.4, 0.5) is 4.39 Å². The van der Waals surface area contributed by atoms with Crippen molar-refractivity contribution in [3.63, 3.8) is 0 Å². The van der Waals surface area contributed by atoms with Crippen LogP contribution in [0.2, 0.25) is 0 Å². The molecule has 1 heterocycles. The highest BCUT2D eigenvalue weighted by Crippen LogP contribution is 2.18. The van der Waals surface area contributed by atoms with Crippen molar-refractivity contribution in [1.82, 2.24) is 4.98 Å². The molecule has 2 rings (SSSR count). The molecule has 0 fully saturated rings. The van der Waals surface area contributed by atoms with Gasteiger partial charge in [-0.3, -0.25) is 0 Å². The minimum atomic E-state index is -0.613. The summed E-state index contributed by atoms with van der Waals surface area (Å²) in [6.07, 6.45) is 0. The average Bonchev–Trinajstić information content (AvgIpc) is 2.17. The number of aryl methyl sites for hydroxylation is 1. The summed E-state index contributed by atoms with van der Waals surface area (Å²) in [6, 6.07) is 8.51. The van der Waals surface area contributed by atoms with Gasteiger partial charge < -0.3 is 0 Å². The lowest BCUT2D eigenvalue weighted by atomic mass is 10.1. The summed E-state index contributed by atoms with van der Waals surface area (Å²) in [5.41, 5.74) is 1.88. The van der Waals surface area contributed by atoms with Gasteiger partial charge >= 0.3 is 0 Å². The summed E-state index contributed by atoms with van der Waals surface area (Å²) in [5.74, 6) is -0.613. The predicted octanol–water partition coefficient (Wildman–Crippen LogP) is 2.55. The quantitative estimate of drug-likeness (QED) is 0.593. The molecule has 3 heteroatoms. The third-order valence-corrected chi connectivity index (χ3v) is 2.05. The smallest absolute Gasteiger partial charge is 0.214 e. The number of nitriles is 1. The fourth-order valence-electron chi connectivity index (χ4n) is 1.40. The first-order valence-corrected chi connectivity index (χ1v) is 4.18. The van der Waals surface area contributed by atoms with Gasteiger partial charge in [-0.1, -0.05) is 11.6 Å². The number of benzene rings is 1. The van der Waals surface area contributed by atoms with Gasteiger partial charge in [-0.25, -0.2) is 4.98 Å². The lowest BCUT2D eigenvalue weighted by Crippen LogP contribution is -1.89. The highest BCUT2D eigenvalue weighted by atomic mass is 19.1. The van der Waals surface area contributed by atoms with Gasteiger partial charge in [-0.2, -0.15) is 9.65 Å². The molecule has 0 radical (unpaired) electrons. The lowest BCUT2D eigenvalue weighted by Gasteiger charge is -2.00. The summed E-state index contributed by atoms with van der Waals surface area (Å²) >= 11 is 0. The van der Waals surface area contributed by atoms with Gasteiger partial charge in [0.25, 0.3) is 0 Å². The summed E-state index contributed by atoms with van der Waals surface area (Å²) in [6.45, 7) is 1.92. The Labute approximate surface area is 80.6 Å². The maximum absolute atomic E-state index is 12.9. The number of hydrogen-bond acceptors (Lipinski definition) is 2. The van der Waals surface area contributed by atoms with E-state index in [-0.39, 0.29) is 0 Å². The van der Waals surface area contributed by atoms with E-state index in [9.17, 15) is 4.39 Å². The Morgan fingerprint density at radius 1 is 1.36 bits per heavy atom. The molecule has 1 aromatic heterocycles. The zero-order valence-corrected chi connectivity index (χ0v) is 7.58. The van der Waals surface area contributed by atoms with Crippen molar-refractivity contribution in [2.24, 2.45) is 0 Å². The predicted molar refractivity (Wildman–Crippen MR) is 51.2 cm³/mol. The monoisotopic (exact) mass is 186 g/mol. The van der Waals surface area contributed by atoms with Crippen LogP contribution in [0.1, 0.15) is 11.1 Å². The lowest BCUT2D eigenvalue weighted by molar-refractivity contribution is 0.588. The van der Waals surface area contributed by atoms with E-state index in [0.717, 1.165) is 11.6 Å². The second-order valence-electron chi connectivity index (χ2n) is 3.12. The molecule has 0 bridgehead atoms. The molecule has 68 valence electrons. The van der Waals surface area contributed by atoms with Gasteiger partial charge in [0.1, 0.15) is 0 Å². The minimum absolute atomic E-state index is 0.330. The van der Waals surface area contributed by atoms with Crippen molar-refractivity contribution >= 4 is 10.9 Å². The van der Waals surface area contributed by atoms with E-state index >= 15 is 0 Å². The molecule has 0 aliphatic carbocycles. The van der Waals surface area contributed by atoms with Gasteiger partial charge in [-0.15, -0.1) is 0 Å². The molecule has 0 N–H and O–H groups in total. The van der Waals surface area contributed by atoms with E-state index in [1.54, 1.807) is 6.07 Å². The SMILES string of the molecule is Cc1ccc2nc(F)cc(C#N)c2c1. The standard InChI is InChI=1S/C11H7FN2/c1-7-2-3-10-9(4-7)8(6-13)5-11(12)14-10/h2-5H,1H3. The molecule has 2 nitrogen and oxygen atoms in total. The molecule has 0 saturated heterocycles. The van der Waals surface area contributed by atoms with Gasteiger partial charge in [0.05, 0.1) is 17.1 Å². The van der Waals surface area contributed by atoms with Crippen molar-refractivity contribution in [2.75, 3.05) is 0 Å². The molecule has 0 aliphatic rings. The number of halogens is 1. The van der Waals surface area contributed by atoms with Crippen LogP contribution in [0, 0.1) is 24.2 Å². The van der Waals surface area contributed by atoms with E-state index in [1.165, 1.54) is 0 Å². The van der Waals surface area contributed by atoms with Crippen molar-refractivity contribution in [3.8, 4) is 6.07 Å². The maximum atomic E-state index is 12.9. The van der Waals surface area contributed by atoms with E-state index in [0.29, 0.717) is 16.5 Å². The third kappa shape index (κ3) is 1.31. The Morgan fingerprint density at radius 3 is 2.86 bits per heavy atom. The van der Waals surface area contributed by atoms with Crippen LogP contribution < -0.4 is 0 Å². The molecule has 0 saturated carbocycles. The number of fused-ring (bicyclic) bond motifs is 1. The number of aromatic nitrogens is 1. The Kier molecular flexibility index (Phi) is 1.90. The first-order valence-electron chi connectivity index (χ1n) is 4.18. The van der Waals surface area contributed by atoms with Crippen molar-refractivity contribution in [1.29, 1.82) is 5.26 Å². The summed E-state index contributed by atoms with van der Waals surface area (Å²) < 4.78 is 12.9. The summed E-state index contributed by atoms with van der Waals surface area (Å²) in [5, 5.41) is 9.51. The molecule has 0 unspecified atom stereocenters. The Hall–Kier alpha value is -1.95. The topological polar surface area (TPSA) is 36.7 Å². The normalized spacial score (nSPS) is 10.1. The van der Waals surface area contributed by atoms with Crippen LogP contribution in [0.3, 0.4) is 0 Å². The van der Waals surface area contributed by atoms with E-state index in [2.05, 4.69) is 4.98 Å². The average molecular weight is 186 g/mol. The van der Waals surface area contributed by atoms with Crippen molar-refractivity contribution < 1.29 is 4.39 Å². The van der Waals surface area contributed by atoms with Crippen LogP contribution in [-0.4, -0.2) is 4.98 Å².